The molecule has 2 unspecified atom stereocenters. The fourth-order valence-corrected chi connectivity index (χ4v) is 4.20. The molecule has 6 heteroatoms. The fourth-order valence-electron chi connectivity index (χ4n) is 4.20. The fraction of sp³-hybridized carbons (Fsp3) is 0.565. The normalized spacial score (nSPS) is 22.5. The molecular formula is C23H31NO5. The molecule has 2 aliphatic rings. The van der Waals surface area contributed by atoms with Crippen molar-refractivity contribution in [1.29, 1.82) is 0 Å². The second-order valence-electron chi connectivity index (χ2n) is 8.25. The molecule has 2 fully saturated rings. The Bertz CT molecular complexity index is 738. The van der Waals surface area contributed by atoms with Crippen molar-refractivity contribution in [3.05, 3.63) is 42.0 Å². The quantitative estimate of drug-likeness (QED) is 0.433. The number of rotatable bonds is 9. The number of carbonyl (C=O) groups is 2. The summed E-state index contributed by atoms with van der Waals surface area (Å²) in [5.74, 6) is -0.674. The Morgan fingerprint density at radius 1 is 1.21 bits per heavy atom. The van der Waals surface area contributed by atoms with Crippen LogP contribution in [0.4, 0.5) is 5.69 Å². The zero-order valence-corrected chi connectivity index (χ0v) is 16.8. The molecular weight excluding hydrogens is 370 g/mol. The zero-order valence-electron chi connectivity index (χ0n) is 16.8. The number of aliphatic carboxylic acids is 1. The number of carbonyl (C=O) groups excluding carboxylic acids is 1. The van der Waals surface area contributed by atoms with Gasteiger partial charge in [0.05, 0.1) is 5.60 Å². The van der Waals surface area contributed by atoms with Crippen molar-refractivity contribution < 1.29 is 24.9 Å². The van der Waals surface area contributed by atoms with Crippen LogP contribution in [0.1, 0.15) is 75.9 Å². The molecule has 0 radical (unpaired) electrons. The van der Waals surface area contributed by atoms with Crippen molar-refractivity contribution in [2.24, 2.45) is 0 Å². The maximum atomic E-state index is 12.6. The first-order valence-corrected chi connectivity index (χ1v) is 10.6. The number of benzene rings is 1. The average molecular weight is 402 g/mol. The molecule has 29 heavy (non-hydrogen) atoms. The first-order valence-electron chi connectivity index (χ1n) is 10.6. The first-order chi connectivity index (χ1) is 13.9. The highest BCUT2D eigenvalue weighted by molar-refractivity contribution is 5.94. The molecule has 6 nitrogen and oxygen atoms in total. The minimum Gasteiger partial charge on any atom is -0.481 e. The SMILES string of the molecule is O=C(O)CCC/C=C\CC1CCCC(=O)N1c1ccc(C(O)C2(O)CCC2)cc1. The molecule has 1 aromatic rings. The van der Waals surface area contributed by atoms with Gasteiger partial charge in [-0.2, -0.15) is 0 Å². The number of amides is 1. The summed E-state index contributed by atoms with van der Waals surface area (Å²) in [7, 11) is 0. The highest BCUT2D eigenvalue weighted by Crippen LogP contribution is 2.42. The molecule has 1 amide bonds. The van der Waals surface area contributed by atoms with Gasteiger partial charge >= 0.3 is 5.97 Å². The van der Waals surface area contributed by atoms with Gasteiger partial charge in [0, 0.05) is 24.6 Å². The van der Waals surface area contributed by atoms with Gasteiger partial charge < -0.3 is 20.2 Å². The number of carboxylic acids is 1. The molecule has 0 bridgehead atoms. The lowest BCUT2D eigenvalue weighted by Crippen LogP contribution is -2.44. The van der Waals surface area contributed by atoms with Gasteiger partial charge in [-0.1, -0.05) is 24.3 Å². The van der Waals surface area contributed by atoms with E-state index in [4.69, 9.17) is 5.11 Å². The van der Waals surface area contributed by atoms with Crippen molar-refractivity contribution in [3.8, 4) is 0 Å². The van der Waals surface area contributed by atoms with E-state index in [2.05, 4.69) is 0 Å². The van der Waals surface area contributed by atoms with E-state index in [-0.39, 0.29) is 18.4 Å². The summed E-state index contributed by atoms with van der Waals surface area (Å²) in [5, 5.41) is 29.5. The molecule has 158 valence electrons. The number of anilines is 1. The number of unbranched alkanes of at least 4 members (excludes halogenated alkanes) is 1. The summed E-state index contributed by atoms with van der Waals surface area (Å²) < 4.78 is 0. The second-order valence-corrected chi connectivity index (χ2v) is 8.25. The first kappa shape index (κ1) is 21.5. The Kier molecular flexibility index (Phi) is 7.09. The number of piperidine rings is 1. The van der Waals surface area contributed by atoms with Gasteiger partial charge in [0.25, 0.3) is 0 Å². The minimum absolute atomic E-state index is 0.0820. The number of hydrogen-bond acceptors (Lipinski definition) is 4. The van der Waals surface area contributed by atoms with Crippen LogP contribution in [0.25, 0.3) is 0 Å². The number of hydrogen-bond donors (Lipinski definition) is 3. The molecule has 1 saturated carbocycles. The van der Waals surface area contributed by atoms with Crippen LogP contribution in [0.2, 0.25) is 0 Å². The molecule has 1 heterocycles. The Labute approximate surface area is 171 Å². The van der Waals surface area contributed by atoms with Crippen LogP contribution in [0.5, 0.6) is 0 Å². The van der Waals surface area contributed by atoms with Crippen molar-refractivity contribution >= 4 is 17.6 Å². The number of carboxylic acid groups (broad SMARTS) is 1. The third-order valence-corrected chi connectivity index (χ3v) is 6.11. The van der Waals surface area contributed by atoms with Crippen molar-refractivity contribution in [2.45, 2.75) is 82.0 Å². The second kappa shape index (κ2) is 9.55. The van der Waals surface area contributed by atoms with E-state index >= 15 is 0 Å². The minimum atomic E-state index is -1.02. The third-order valence-electron chi connectivity index (χ3n) is 6.11. The van der Waals surface area contributed by atoms with Gasteiger partial charge in [0.2, 0.25) is 5.91 Å². The summed E-state index contributed by atoms with van der Waals surface area (Å²) in [5.41, 5.74) is 0.474. The van der Waals surface area contributed by atoms with E-state index in [1.807, 2.05) is 29.2 Å². The number of aliphatic hydroxyl groups is 2. The van der Waals surface area contributed by atoms with Gasteiger partial charge in [0.1, 0.15) is 6.10 Å². The predicted octanol–water partition coefficient (Wildman–Crippen LogP) is 3.72. The van der Waals surface area contributed by atoms with E-state index in [0.717, 1.165) is 37.8 Å². The van der Waals surface area contributed by atoms with Gasteiger partial charge in [-0.15, -0.1) is 0 Å². The number of aliphatic hydroxyl groups excluding tert-OH is 1. The van der Waals surface area contributed by atoms with Crippen LogP contribution < -0.4 is 4.90 Å². The van der Waals surface area contributed by atoms with Crippen LogP contribution in [-0.2, 0) is 9.59 Å². The number of nitrogens with zero attached hydrogens (tertiary/aromatic N) is 1. The van der Waals surface area contributed by atoms with E-state index in [1.54, 1.807) is 12.1 Å². The maximum Gasteiger partial charge on any atom is 0.303 e. The van der Waals surface area contributed by atoms with Crippen molar-refractivity contribution in [2.75, 3.05) is 4.90 Å². The summed E-state index contributed by atoms with van der Waals surface area (Å²) in [6, 6.07) is 7.40. The van der Waals surface area contributed by atoms with Crippen LogP contribution in [0.3, 0.4) is 0 Å². The third kappa shape index (κ3) is 5.25. The van der Waals surface area contributed by atoms with Gasteiger partial charge in [-0.05, 0) is 69.1 Å². The molecule has 1 aromatic carbocycles. The van der Waals surface area contributed by atoms with E-state index in [1.165, 1.54) is 0 Å². The van der Waals surface area contributed by atoms with Crippen LogP contribution in [-0.4, -0.2) is 38.8 Å². The molecule has 0 spiro atoms. The highest BCUT2D eigenvalue weighted by Gasteiger charge is 2.42. The Morgan fingerprint density at radius 2 is 1.93 bits per heavy atom. The van der Waals surface area contributed by atoms with Crippen molar-refractivity contribution in [3.63, 3.8) is 0 Å². The summed E-state index contributed by atoms with van der Waals surface area (Å²) >= 11 is 0. The lowest BCUT2D eigenvalue weighted by molar-refractivity contribution is -0.137. The number of allylic oxidation sites excluding steroid dienone is 1. The van der Waals surface area contributed by atoms with E-state index in [0.29, 0.717) is 31.2 Å². The smallest absolute Gasteiger partial charge is 0.303 e. The van der Waals surface area contributed by atoms with Crippen LogP contribution in [0, 0.1) is 0 Å². The molecule has 1 aliphatic heterocycles. The van der Waals surface area contributed by atoms with Crippen LogP contribution in [0.15, 0.2) is 36.4 Å². The van der Waals surface area contributed by atoms with E-state index in [9.17, 15) is 19.8 Å². The zero-order chi connectivity index (χ0) is 20.9. The monoisotopic (exact) mass is 401 g/mol. The predicted molar refractivity (Wildman–Crippen MR) is 111 cm³/mol. The Balaban J connectivity index is 1.63. The molecule has 3 N–H and O–H groups in total. The molecule has 1 aliphatic carbocycles. The topological polar surface area (TPSA) is 98.1 Å². The van der Waals surface area contributed by atoms with Gasteiger partial charge in [0.15, 0.2) is 0 Å². The van der Waals surface area contributed by atoms with E-state index < -0.39 is 17.7 Å². The molecule has 0 aromatic heterocycles. The summed E-state index contributed by atoms with van der Waals surface area (Å²) in [6.07, 6.45) is 9.89. The van der Waals surface area contributed by atoms with Gasteiger partial charge in [-0.25, -0.2) is 0 Å². The Morgan fingerprint density at radius 3 is 2.55 bits per heavy atom. The molecule has 2 atom stereocenters. The van der Waals surface area contributed by atoms with Crippen LogP contribution >= 0.6 is 0 Å². The maximum absolute atomic E-state index is 12.6. The standard InChI is InChI=1S/C23H31NO5/c25-20-9-5-8-18(7-3-1-2-4-10-21(26)27)24(20)19-13-11-17(12-14-19)22(28)23(29)15-6-16-23/h1,3,11-14,18,22,28-29H,2,4-10,15-16H2,(H,26,27)/b3-1-. The summed E-state index contributed by atoms with van der Waals surface area (Å²) in [6.45, 7) is 0. The Hall–Kier alpha value is -2.18. The summed E-state index contributed by atoms with van der Waals surface area (Å²) in [4.78, 5) is 25.0. The lowest BCUT2D eigenvalue weighted by Gasteiger charge is -2.41. The molecule has 3 rings (SSSR count). The lowest BCUT2D eigenvalue weighted by atomic mass is 9.74. The average Bonchev–Trinajstić information content (AvgIpc) is 2.68. The van der Waals surface area contributed by atoms with Gasteiger partial charge in [-0.3, -0.25) is 9.59 Å². The largest absolute Gasteiger partial charge is 0.481 e. The van der Waals surface area contributed by atoms with Crippen molar-refractivity contribution in [1.82, 2.24) is 0 Å². The highest BCUT2D eigenvalue weighted by atomic mass is 16.4. The molecule has 1 saturated heterocycles.